The summed E-state index contributed by atoms with van der Waals surface area (Å²) in [6.07, 6.45) is 1.67. The Bertz CT molecular complexity index is 1290. The molecule has 0 aliphatic carbocycles. The van der Waals surface area contributed by atoms with Crippen LogP contribution in [0.5, 0.6) is 0 Å². The van der Waals surface area contributed by atoms with Gasteiger partial charge in [0.2, 0.25) is 0 Å². The van der Waals surface area contributed by atoms with Gasteiger partial charge < -0.3 is 11.5 Å². The summed E-state index contributed by atoms with van der Waals surface area (Å²) < 4.78 is 2.48. The topological polar surface area (TPSA) is 77.0 Å². The van der Waals surface area contributed by atoms with Crippen molar-refractivity contribution in [2.45, 2.75) is 51.4 Å². The van der Waals surface area contributed by atoms with Gasteiger partial charge in [0.1, 0.15) is 0 Å². The van der Waals surface area contributed by atoms with Crippen molar-refractivity contribution in [1.29, 1.82) is 0 Å². The zero-order valence-electron chi connectivity index (χ0n) is 19.2. The summed E-state index contributed by atoms with van der Waals surface area (Å²) >= 11 is 4.85. The Labute approximate surface area is 223 Å². The summed E-state index contributed by atoms with van der Waals surface area (Å²) in [7, 11) is 0. The predicted octanol–water partition coefficient (Wildman–Crippen LogP) is 6.72. The van der Waals surface area contributed by atoms with Crippen LogP contribution in [0, 0.1) is 7.14 Å². The van der Waals surface area contributed by atoms with Gasteiger partial charge in [-0.05, 0) is 94.1 Å². The Balaban J connectivity index is 1.97. The van der Waals surface area contributed by atoms with Crippen LogP contribution in [0.3, 0.4) is 0 Å². The van der Waals surface area contributed by atoms with Gasteiger partial charge in [0.15, 0.2) is 0 Å². The van der Waals surface area contributed by atoms with Gasteiger partial charge >= 0.3 is 0 Å². The number of fused-ring (bicyclic) bond motifs is 3. The van der Waals surface area contributed by atoms with Gasteiger partial charge in [-0.25, -0.2) is 4.98 Å². The molecular formula is C27H30I2N4. The Morgan fingerprint density at radius 3 is 2.36 bits per heavy atom. The monoisotopic (exact) mass is 664 g/mol. The average Bonchev–Trinajstić information content (AvgIpc) is 2.84. The van der Waals surface area contributed by atoms with Crippen LogP contribution in [-0.2, 0) is 0 Å². The Kier molecular flexibility index (Phi) is 7.59. The highest BCUT2D eigenvalue weighted by Crippen LogP contribution is 2.37. The van der Waals surface area contributed by atoms with Crippen LogP contribution in [0.1, 0.15) is 45.2 Å². The first kappa shape index (κ1) is 24.8. The first-order valence-corrected chi connectivity index (χ1v) is 13.5. The van der Waals surface area contributed by atoms with Gasteiger partial charge in [-0.1, -0.05) is 56.3 Å². The van der Waals surface area contributed by atoms with E-state index in [-0.39, 0.29) is 12.1 Å². The second kappa shape index (κ2) is 10.1. The number of nitrogens with two attached hydrogens (primary N) is 2. The summed E-state index contributed by atoms with van der Waals surface area (Å²) in [5.74, 6) is 0. The third-order valence-corrected chi connectivity index (χ3v) is 9.62. The molecule has 172 valence electrons. The largest absolute Gasteiger partial charge is 0.325 e. The SMILES string of the molecule is CCC(NC(N)(CC)C(C)N)c1ccc2c(c1)c(-c1ccccc1)nc1ccc(I)c(I)c12. The van der Waals surface area contributed by atoms with Gasteiger partial charge in [-0.3, -0.25) is 5.32 Å². The average molecular weight is 664 g/mol. The molecule has 3 aromatic carbocycles. The quantitative estimate of drug-likeness (QED) is 0.117. The zero-order chi connectivity index (χ0) is 23.8. The first-order chi connectivity index (χ1) is 15.8. The van der Waals surface area contributed by atoms with Gasteiger partial charge in [-0.15, -0.1) is 0 Å². The van der Waals surface area contributed by atoms with Crippen LogP contribution in [0.15, 0.2) is 60.7 Å². The fourth-order valence-electron chi connectivity index (χ4n) is 4.38. The van der Waals surface area contributed by atoms with Crippen molar-refractivity contribution < 1.29 is 0 Å². The van der Waals surface area contributed by atoms with E-state index in [4.69, 9.17) is 16.5 Å². The molecule has 4 nitrogen and oxygen atoms in total. The molecule has 33 heavy (non-hydrogen) atoms. The Morgan fingerprint density at radius 2 is 1.73 bits per heavy atom. The Hall–Kier alpha value is -1.33. The van der Waals surface area contributed by atoms with Crippen LogP contribution >= 0.6 is 45.2 Å². The summed E-state index contributed by atoms with van der Waals surface area (Å²) in [4.78, 5) is 5.15. The highest BCUT2D eigenvalue weighted by atomic mass is 127. The number of pyridine rings is 1. The third-order valence-electron chi connectivity index (χ3n) is 6.57. The molecule has 0 amide bonds. The molecule has 0 fully saturated rings. The lowest BCUT2D eigenvalue weighted by Crippen LogP contribution is -2.64. The molecule has 0 aliphatic heterocycles. The van der Waals surface area contributed by atoms with Crippen molar-refractivity contribution in [3.63, 3.8) is 0 Å². The molecule has 3 unspecified atom stereocenters. The number of aromatic nitrogens is 1. The fraction of sp³-hybridized carbons (Fsp3) is 0.296. The zero-order valence-corrected chi connectivity index (χ0v) is 23.5. The van der Waals surface area contributed by atoms with Crippen molar-refractivity contribution >= 4 is 66.9 Å². The van der Waals surface area contributed by atoms with E-state index in [9.17, 15) is 0 Å². The standard InChI is InChI=1S/C27H30I2N4/c1-4-22(33-27(31,5-2)16(3)30)18-11-12-19-20(15-18)26(17-9-7-6-8-10-17)32-23-14-13-21(28)25(29)24(19)23/h6-16,22,33H,4-5,30-31H2,1-3H3. The molecule has 0 radical (unpaired) electrons. The lowest BCUT2D eigenvalue weighted by Gasteiger charge is -2.37. The molecule has 0 saturated carbocycles. The third kappa shape index (κ3) is 4.77. The van der Waals surface area contributed by atoms with Crippen molar-refractivity contribution in [1.82, 2.24) is 10.3 Å². The number of nitrogens with zero attached hydrogens (tertiary/aromatic N) is 1. The van der Waals surface area contributed by atoms with E-state index in [0.29, 0.717) is 0 Å². The van der Waals surface area contributed by atoms with Gasteiger partial charge in [0, 0.05) is 35.6 Å². The maximum absolute atomic E-state index is 6.65. The number of halogens is 2. The molecule has 1 aromatic heterocycles. The van der Waals surface area contributed by atoms with Crippen LogP contribution < -0.4 is 16.8 Å². The van der Waals surface area contributed by atoms with Crippen LogP contribution in [0.2, 0.25) is 0 Å². The number of hydrogen-bond acceptors (Lipinski definition) is 4. The van der Waals surface area contributed by atoms with E-state index in [1.807, 2.05) is 13.0 Å². The minimum atomic E-state index is -0.620. The maximum atomic E-state index is 6.65. The van der Waals surface area contributed by atoms with E-state index in [0.717, 1.165) is 35.0 Å². The van der Waals surface area contributed by atoms with Crippen molar-refractivity contribution in [3.05, 3.63) is 73.4 Å². The lowest BCUT2D eigenvalue weighted by molar-refractivity contribution is 0.240. The molecule has 0 saturated heterocycles. The highest BCUT2D eigenvalue weighted by molar-refractivity contribution is 14.1. The van der Waals surface area contributed by atoms with Crippen LogP contribution in [-0.4, -0.2) is 16.7 Å². The second-order valence-corrected chi connectivity index (χ2v) is 10.9. The van der Waals surface area contributed by atoms with E-state index in [2.05, 4.69) is 119 Å². The van der Waals surface area contributed by atoms with Gasteiger partial charge in [-0.2, -0.15) is 0 Å². The highest BCUT2D eigenvalue weighted by Gasteiger charge is 2.30. The molecule has 0 spiro atoms. The minimum absolute atomic E-state index is 0.0969. The maximum Gasteiger partial charge on any atom is 0.0816 e. The summed E-state index contributed by atoms with van der Waals surface area (Å²) in [6.45, 7) is 6.23. The van der Waals surface area contributed by atoms with Gasteiger partial charge in [0.05, 0.1) is 16.9 Å². The number of benzene rings is 3. The first-order valence-electron chi connectivity index (χ1n) is 11.4. The van der Waals surface area contributed by atoms with Crippen LogP contribution in [0.25, 0.3) is 32.9 Å². The van der Waals surface area contributed by atoms with Crippen molar-refractivity contribution in [2.24, 2.45) is 11.5 Å². The van der Waals surface area contributed by atoms with Crippen molar-refractivity contribution in [3.8, 4) is 11.3 Å². The normalized spacial score (nSPS) is 15.5. The molecule has 4 rings (SSSR count). The number of nitrogens with one attached hydrogen (secondary N) is 1. The molecule has 6 heteroatoms. The number of hydrogen-bond donors (Lipinski definition) is 3. The molecular weight excluding hydrogens is 634 g/mol. The van der Waals surface area contributed by atoms with Crippen LogP contribution in [0.4, 0.5) is 0 Å². The molecule has 4 aromatic rings. The smallest absolute Gasteiger partial charge is 0.0816 e. The van der Waals surface area contributed by atoms with E-state index in [1.165, 1.54) is 23.5 Å². The predicted molar refractivity (Wildman–Crippen MR) is 157 cm³/mol. The molecule has 3 atom stereocenters. The van der Waals surface area contributed by atoms with E-state index < -0.39 is 5.66 Å². The fourth-order valence-corrected chi connectivity index (χ4v) is 5.58. The van der Waals surface area contributed by atoms with Crippen molar-refractivity contribution in [2.75, 3.05) is 0 Å². The summed E-state index contributed by atoms with van der Waals surface area (Å²) in [5, 5.41) is 7.25. The van der Waals surface area contributed by atoms with E-state index >= 15 is 0 Å². The minimum Gasteiger partial charge on any atom is -0.325 e. The van der Waals surface area contributed by atoms with Gasteiger partial charge in [0.25, 0.3) is 0 Å². The number of rotatable bonds is 7. The molecule has 0 bridgehead atoms. The Morgan fingerprint density at radius 1 is 1.00 bits per heavy atom. The van der Waals surface area contributed by atoms with E-state index in [1.54, 1.807) is 0 Å². The molecule has 5 N–H and O–H groups in total. The second-order valence-electron chi connectivity index (χ2n) is 8.67. The summed E-state index contributed by atoms with van der Waals surface area (Å²) in [5.41, 5.74) is 16.6. The molecule has 1 heterocycles. The summed E-state index contributed by atoms with van der Waals surface area (Å²) in [6, 6.07) is 21.4. The lowest BCUT2D eigenvalue weighted by atomic mass is 9.92. The molecule has 0 aliphatic rings.